The van der Waals surface area contributed by atoms with E-state index in [0.29, 0.717) is 12.3 Å². The highest BCUT2D eigenvalue weighted by Crippen LogP contribution is 2.25. The molecule has 21 heavy (non-hydrogen) atoms. The van der Waals surface area contributed by atoms with Gasteiger partial charge >= 0.3 is 0 Å². The van der Waals surface area contributed by atoms with Crippen molar-refractivity contribution in [2.75, 3.05) is 13.2 Å². The maximum absolute atomic E-state index is 9.56. The second-order valence-corrected chi connectivity index (χ2v) is 5.23. The predicted octanol–water partition coefficient (Wildman–Crippen LogP) is 3.47. The Hall–Kier alpha value is -2.00. The minimum atomic E-state index is 0.219. The smallest absolute Gasteiger partial charge is 0.119 e. The maximum atomic E-state index is 9.56. The van der Waals surface area contributed by atoms with Crippen LogP contribution in [0, 0.1) is 0 Å². The number of nitrogens with two attached hydrogens (primary N) is 1. The van der Waals surface area contributed by atoms with Gasteiger partial charge in [0, 0.05) is 5.92 Å². The zero-order chi connectivity index (χ0) is 15.1. The van der Waals surface area contributed by atoms with Crippen molar-refractivity contribution in [2.24, 2.45) is 5.73 Å². The van der Waals surface area contributed by atoms with E-state index < -0.39 is 0 Å². The predicted molar refractivity (Wildman–Crippen MR) is 85.8 cm³/mol. The van der Waals surface area contributed by atoms with Gasteiger partial charge in [-0.25, -0.2) is 0 Å². The Balaban J connectivity index is 2.13. The van der Waals surface area contributed by atoms with Gasteiger partial charge < -0.3 is 15.6 Å². The molecule has 0 saturated heterocycles. The van der Waals surface area contributed by atoms with Crippen LogP contribution in [-0.2, 0) is 6.42 Å². The van der Waals surface area contributed by atoms with E-state index in [-0.39, 0.29) is 5.92 Å². The van der Waals surface area contributed by atoms with E-state index in [1.165, 1.54) is 5.56 Å². The molecule has 3 heteroatoms. The first kappa shape index (κ1) is 15.4. The number of hydrogen-bond acceptors (Lipinski definition) is 3. The Bertz CT molecular complexity index is 569. The molecule has 0 aliphatic rings. The van der Waals surface area contributed by atoms with E-state index in [1.807, 2.05) is 24.3 Å². The summed E-state index contributed by atoms with van der Waals surface area (Å²) in [5.74, 6) is 1.41. The van der Waals surface area contributed by atoms with E-state index in [4.69, 9.17) is 10.5 Å². The average Bonchev–Trinajstić information content (AvgIpc) is 2.51. The Morgan fingerprint density at radius 3 is 2.67 bits per heavy atom. The van der Waals surface area contributed by atoms with Gasteiger partial charge in [-0.15, -0.1) is 0 Å². The molecule has 112 valence electrons. The fraction of sp³-hybridized carbons (Fsp3) is 0.333. The fourth-order valence-corrected chi connectivity index (χ4v) is 2.38. The molecule has 0 radical (unpaired) electrons. The normalized spacial score (nSPS) is 12.1. The van der Waals surface area contributed by atoms with Crippen molar-refractivity contribution in [2.45, 2.75) is 25.7 Å². The third-order valence-corrected chi connectivity index (χ3v) is 3.48. The monoisotopic (exact) mass is 285 g/mol. The first-order valence-electron chi connectivity index (χ1n) is 7.43. The van der Waals surface area contributed by atoms with Crippen LogP contribution < -0.4 is 10.5 Å². The summed E-state index contributed by atoms with van der Waals surface area (Å²) in [5.41, 5.74) is 8.20. The number of phenolic OH excluding ortho intramolecular Hbond substituents is 1. The summed E-state index contributed by atoms with van der Waals surface area (Å²) in [6, 6.07) is 15.5. The van der Waals surface area contributed by atoms with Gasteiger partial charge in [0.05, 0.1) is 6.61 Å². The molecule has 2 aromatic rings. The van der Waals surface area contributed by atoms with Crippen LogP contribution in [0.3, 0.4) is 0 Å². The third kappa shape index (κ3) is 4.50. The van der Waals surface area contributed by atoms with Gasteiger partial charge in [0.2, 0.25) is 0 Å². The molecule has 0 bridgehead atoms. The topological polar surface area (TPSA) is 55.5 Å². The highest BCUT2D eigenvalue weighted by atomic mass is 16.5. The van der Waals surface area contributed by atoms with E-state index in [0.717, 1.165) is 30.8 Å². The van der Waals surface area contributed by atoms with E-state index in [9.17, 15) is 5.11 Å². The molecule has 2 aromatic carbocycles. The summed E-state index contributed by atoms with van der Waals surface area (Å²) in [6.45, 7) is 3.38. The van der Waals surface area contributed by atoms with Gasteiger partial charge in [0.15, 0.2) is 0 Å². The lowest BCUT2D eigenvalue weighted by Crippen LogP contribution is -2.15. The van der Waals surface area contributed by atoms with Crippen molar-refractivity contribution in [3.63, 3.8) is 0 Å². The van der Waals surface area contributed by atoms with E-state index in [2.05, 4.69) is 19.1 Å². The summed E-state index contributed by atoms with van der Waals surface area (Å²) in [4.78, 5) is 0. The highest BCUT2D eigenvalue weighted by Gasteiger charge is 2.12. The zero-order valence-corrected chi connectivity index (χ0v) is 12.5. The maximum Gasteiger partial charge on any atom is 0.119 e. The van der Waals surface area contributed by atoms with Gasteiger partial charge in [-0.3, -0.25) is 0 Å². The number of aromatic hydroxyl groups is 1. The van der Waals surface area contributed by atoms with Gasteiger partial charge in [0.25, 0.3) is 0 Å². The minimum absolute atomic E-state index is 0.219. The van der Waals surface area contributed by atoms with Crippen molar-refractivity contribution in [1.29, 1.82) is 0 Å². The third-order valence-electron chi connectivity index (χ3n) is 3.48. The minimum Gasteiger partial charge on any atom is -0.508 e. The summed E-state index contributed by atoms with van der Waals surface area (Å²) in [5, 5.41) is 9.56. The SMILES string of the molecule is CCCOc1cccc(C(CN)Cc2cccc(O)c2)c1. The van der Waals surface area contributed by atoms with Crippen LogP contribution in [0.1, 0.15) is 30.4 Å². The first-order chi connectivity index (χ1) is 10.2. The molecular formula is C18H23NO2. The molecule has 3 N–H and O–H groups in total. The van der Waals surface area contributed by atoms with Gasteiger partial charge in [0.1, 0.15) is 11.5 Å². The largest absolute Gasteiger partial charge is 0.508 e. The van der Waals surface area contributed by atoms with Crippen LogP contribution in [0.25, 0.3) is 0 Å². The first-order valence-corrected chi connectivity index (χ1v) is 7.43. The number of hydrogen-bond donors (Lipinski definition) is 2. The van der Waals surface area contributed by atoms with Crippen molar-refractivity contribution in [3.8, 4) is 11.5 Å². The van der Waals surface area contributed by atoms with Gasteiger partial charge in [-0.05, 0) is 54.8 Å². The molecule has 0 aliphatic carbocycles. The van der Waals surface area contributed by atoms with Crippen LogP contribution >= 0.6 is 0 Å². The molecule has 1 atom stereocenters. The van der Waals surface area contributed by atoms with Gasteiger partial charge in [-0.1, -0.05) is 31.2 Å². The summed E-state index contributed by atoms with van der Waals surface area (Å²) < 4.78 is 5.68. The van der Waals surface area contributed by atoms with E-state index >= 15 is 0 Å². The number of ether oxygens (including phenoxy) is 1. The summed E-state index contributed by atoms with van der Waals surface area (Å²) >= 11 is 0. The Kier molecular flexibility index (Phi) is 5.64. The molecular weight excluding hydrogens is 262 g/mol. The van der Waals surface area contributed by atoms with Crippen molar-refractivity contribution < 1.29 is 9.84 Å². The lowest BCUT2D eigenvalue weighted by atomic mass is 9.92. The average molecular weight is 285 g/mol. The van der Waals surface area contributed by atoms with Crippen molar-refractivity contribution >= 4 is 0 Å². The van der Waals surface area contributed by atoms with Crippen LogP contribution in [0.4, 0.5) is 0 Å². The molecule has 0 spiro atoms. The summed E-state index contributed by atoms with van der Waals surface area (Å²) in [7, 11) is 0. The molecule has 0 aromatic heterocycles. The molecule has 0 amide bonds. The van der Waals surface area contributed by atoms with Crippen LogP contribution in [0.5, 0.6) is 11.5 Å². The molecule has 0 saturated carbocycles. The highest BCUT2D eigenvalue weighted by molar-refractivity contribution is 5.34. The zero-order valence-electron chi connectivity index (χ0n) is 12.5. The second kappa shape index (κ2) is 7.70. The number of phenols is 1. The van der Waals surface area contributed by atoms with Crippen LogP contribution in [0.2, 0.25) is 0 Å². The lowest BCUT2D eigenvalue weighted by Gasteiger charge is -2.17. The van der Waals surface area contributed by atoms with E-state index in [1.54, 1.807) is 12.1 Å². The van der Waals surface area contributed by atoms with Crippen LogP contribution in [-0.4, -0.2) is 18.3 Å². The Labute approximate surface area is 126 Å². The quantitative estimate of drug-likeness (QED) is 0.819. The molecule has 3 nitrogen and oxygen atoms in total. The Morgan fingerprint density at radius 2 is 1.95 bits per heavy atom. The molecule has 1 unspecified atom stereocenters. The summed E-state index contributed by atoms with van der Waals surface area (Å²) in [6.07, 6.45) is 1.80. The Morgan fingerprint density at radius 1 is 1.14 bits per heavy atom. The van der Waals surface area contributed by atoms with Crippen LogP contribution in [0.15, 0.2) is 48.5 Å². The standard InChI is InChI=1S/C18H23NO2/c1-2-9-21-18-8-4-6-15(12-18)16(13-19)10-14-5-3-7-17(20)11-14/h3-8,11-12,16,20H,2,9-10,13,19H2,1H3. The van der Waals surface area contributed by atoms with Gasteiger partial charge in [-0.2, -0.15) is 0 Å². The van der Waals surface area contributed by atoms with Crippen molar-refractivity contribution in [1.82, 2.24) is 0 Å². The molecule has 0 heterocycles. The fourth-order valence-electron chi connectivity index (χ4n) is 2.38. The number of benzene rings is 2. The molecule has 0 fully saturated rings. The van der Waals surface area contributed by atoms with Crippen molar-refractivity contribution in [3.05, 3.63) is 59.7 Å². The molecule has 2 rings (SSSR count). The lowest BCUT2D eigenvalue weighted by molar-refractivity contribution is 0.317. The number of rotatable bonds is 7. The second-order valence-electron chi connectivity index (χ2n) is 5.23. The molecule has 0 aliphatic heterocycles.